The fourth-order valence-corrected chi connectivity index (χ4v) is 18.0. The van der Waals surface area contributed by atoms with Crippen molar-refractivity contribution in [3.63, 3.8) is 0 Å². The van der Waals surface area contributed by atoms with Gasteiger partial charge in [0.15, 0.2) is 0 Å². The topological polar surface area (TPSA) is 8.17 Å². The number of rotatable bonds is 4. The van der Waals surface area contributed by atoms with E-state index in [4.69, 9.17) is 0 Å². The maximum Gasteiger partial charge on any atom is 0.0542 e. The zero-order valence-electron chi connectivity index (χ0n) is 36.6. The molecule has 8 aromatic rings. The Balaban J connectivity index is 0.921. The van der Waals surface area contributed by atoms with Crippen LogP contribution >= 0.6 is 0 Å². The van der Waals surface area contributed by atoms with E-state index in [1.807, 2.05) is 0 Å². The maximum absolute atomic E-state index is 2.63. The first kappa shape index (κ1) is 35.5. The van der Waals surface area contributed by atoms with E-state index in [2.05, 4.69) is 167 Å². The van der Waals surface area contributed by atoms with Crippen molar-refractivity contribution in [2.75, 3.05) is 4.90 Å². The molecule has 0 atom stereocenters. The molecule has 1 heterocycles. The summed E-state index contributed by atoms with van der Waals surface area (Å²) in [5.41, 5.74) is 20.2. The number of hydrogen-bond donors (Lipinski definition) is 0. The smallest absolute Gasteiger partial charge is 0.0542 e. The second kappa shape index (κ2) is 12.5. The minimum absolute atomic E-state index is 0.158. The lowest BCUT2D eigenvalue weighted by molar-refractivity contribution is -0.0399. The molecule has 10 aliphatic carbocycles. The quantitative estimate of drug-likeness (QED) is 0.172. The van der Waals surface area contributed by atoms with Crippen molar-refractivity contribution in [2.24, 2.45) is 47.3 Å². The molecule has 2 nitrogen and oxygen atoms in total. The summed E-state index contributed by atoms with van der Waals surface area (Å²) in [4.78, 5) is 2.63. The van der Waals surface area contributed by atoms with E-state index in [1.165, 1.54) is 131 Å². The molecule has 0 unspecified atom stereocenters. The van der Waals surface area contributed by atoms with Gasteiger partial charge in [-0.15, -0.1) is 0 Å². The summed E-state index contributed by atoms with van der Waals surface area (Å²) in [5, 5.41) is 2.58. The number of nitrogens with zero attached hydrogens (tertiary/aromatic N) is 2. The molecule has 7 aromatic carbocycles. The second-order valence-electron chi connectivity index (χ2n) is 22.1. The highest BCUT2D eigenvalue weighted by atomic mass is 15.1. The van der Waals surface area contributed by atoms with Crippen molar-refractivity contribution >= 4 is 38.9 Å². The summed E-state index contributed by atoms with van der Waals surface area (Å²) in [6, 6.07) is 62.0. The van der Waals surface area contributed by atoms with Crippen LogP contribution < -0.4 is 4.90 Å². The normalized spacial score (nSPS) is 31.6. The SMILES string of the molecule is c1ccc(-n2c3ccccc3c3cc(N(c4ccc5c(c4)-c4ccccc4C54C5CC6CC(C5)CC4C6)c4ccc5c(c4)-c4ccccc4C54C5CC6CC(C5)CC4C6)ccc32)cc1. The summed E-state index contributed by atoms with van der Waals surface area (Å²) in [6.45, 7) is 0. The molecule has 312 valence electrons. The molecule has 1 aromatic heterocycles. The average Bonchev–Trinajstić information content (AvgIpc) is 3.92. The van der Waals surface area contributed by atoms with Crippen molar-refractivity contribution in [3.05, 3.63) is 180 Å². The lowest BCUT2D eigenvalue weighted by atomic mass is 9.43. The molecular weight excluding hydrogens is 773 g/mol. The maximum atomic E-state index is 2.63. The Kier molecular flexibility index (Phi) is 6.92. The second-order valence-corrected chi connectivity index (χ2v) is 22.1. The Hall–Kier alpha value is -5.86. The third kappa shape index (κ3) is 4.35. The minimum Gasteiger partial charge on any atom is -0.310 e. The first-order chi connectivity index (χ1) is 31.6. The standard InChI is InChI=1S/C62H54N2/c1-2-10-45(11-3-1)64-59-17-9-6-14-51(59)54-36-48(20-23-60(54)64)63(46-18-21-57-52(34-46)49-12-4-7-15-55(49)61(57)41-26-37-24-38(28-41)29-42(61)27-37)47-19-22-58-53(35-47)50-13-5-8-16-56(50)62(58)43-30-39-25-40(32-43)33-44(62)31-39/h1-23,34-44H,24-33H2. The van der Waals surface area contributed by atoms with Crippen LogP contribution in [-0.4, -0.2) is 4.57 Å². The van der Waals surface area contributed by atoms with Gasteiger partial charge in [0.05, 0.1) is 11.0 Å². The number of fused-ring (bicyclic) bond motifs is 9. The van der Waals surface area contributed by atoms with E-state index >= 15 is 0 Å². The lowest BCUT2D eigenvalue weighted by Gasteiger charge is -2.61. The third-order valence-electron chi connectivity index (χ3n) is 19.5. The van der Waals surface area contributed by atoms with E-state index in [9.17, 15) is 0 Å². The van der Waals surface area contributed by atoms with E-state index in [0.29, 0.717) is 0 Å². The van der Waals surface area contributed by atoms with Gasteiger partial charge in [0, 0.05) is 44.4 Å². The monoisotopic (exact) mass is 826 g/mol. The first-order valence-corrected chi connectivity index (χ1v) is 25.0. The summed E-state index contributed by atoms with van der Waals surface area (Å²) in [6.07, 6.45) is 14.2. The molecule has 2 heteroatoms. The molecule has 18 rings (SSSR count). The van der Waals surface area contributed by atoms with Gasteiger partial charge in [0.1, 0.15) is 0 Å². The minimum atomic E-state index is 0.158. The van der Waals surface area contributed by atoms with Crippen LogP contribution in [0.1, 0.15) is 86.5 Å². The molecular formula is C62H54N2. The van der Waals surface area contributed by atoms with Crippen molar-refractivity contribution in [1.82, 2.24) is 4.57 Å². The summed E-state index contributed by atoms with van der Waals surface area (Å²) < 4.78 is 2.45. The number of hydrogen-bond acceptors (Lipinski definition) is 1. The molecule has 10 aliphatic rings. The summed E-state index contributed by atoms with van der Waals surface area (Å²) in [7, 11) is 0. The molecule has 0 amide bonds. The predicted molar refractivity (Wildman–Crippen MR) is 262 cm³/mol. The molecule has 0 radical (unpaired) electrons. The highest BCUT2D eigenvalue weighted by molar-refractivity contribution is 6.11. The van der Waals surface area contributed by atoms with Gasteiger partial charge < -0.3 is 9.47 Å². The molecule has 8 fully saturated rings. The van der Waals surface area contributed by atoms with Gasteiger partial charge in [-0.25, -0.2) is 0 Å². The van der Waals surface area contributed by atoms with Gasteiger partial charge in [0.2, 0.25) is 0 Å². The Morgan fingerprint density at radius 2 is 0.766 bits per heavy atom. The van der Waals surface area contributed by atoms with E-state index in [-0.39, 0.29) is 10.8 Å². The van der Waals surface area contributed by atoms with Gasteiger partial charge in [-0.1, -0.05) is 97.1 Å². The zero-order valence-corrected chi connectivity index (χ0v) is 36.6. The number of anilines is 3. The van der Waals surface area contributed by atoms with Crippen molar-refractivity contribution in [1.29, 1.82) is 0 Å². The molecule has 64 heavy (non-hydrogen) atoms. The van der Waals surface area contributed by atoms with Crippen LogP contribution in [0.25, 0.3) is 49.7 Å². The molecule has 0 saturated heterocycles. The van der Waals surface area contributed by atoms with Gasteiger partial charge in [-0.2, -0.15) is 0 Å². The Labute approximate surface area is 377 Å². The Morgan fingerprint density at radius 3 is 1.31 bits per heavy atom. The molecule has 8 bridgehead atoms. The molecule has 2 spiro atoms. The summed E-state index contributed by atoms with van der Waals surface area (Å²) in [5.74, 6) is 6.76. The Bertz CT molecular complexity index is 3080. The lowest BCUT2D eigenvalue weighted by Crippen LogP contribution is -2.55. The predicted octanol–water partition coefficient (Wildman–Crippen LogP) is 15.7. The summed E-state index contributed by atoms with van der Waals surface area (Å²) >= 11 is 0. The highest BCUT2D eigenvalue weighted by Crippen LogP contribution is 2.71. The van der Waals surface area contributed by atoms with Crippen LogP contribution in [-0.2, 0) is 10.8 Å². The molecule has 0 aliphatic heterocycles. The van der Waals surface area contributed by atoms with Crippen LogP contribution in [0.4, 0.5) is 17.1 Å². The highest BCUT2D eigenvalue weighted by Gasteiger charge is 2.63. The van der Waals surface area contributed by atoms with E-state index in [1.54, 1.807) is 22.3 Å². The fraction of sp³-hybridized carbons (Fsp3) is 0.323. The van der Waals surface area contributed by atoms with Gasteiger partial charge in [-0.3, -0.25) is 0 Å². The van der Waals surface area contributed by atoms with Crippen LogP contribution in [0, 0.1) is 47.3 Å². The average molecular weight is 827 g/mol. The van der Waals surface area contributed by atoms with Gasteiger partial charge in [-0.05, 0) is 217 Å². The van der Waals surface area contributed by atoms with Gasteiger partial charge in [0.25, 0.3) is 0 Å². The van der Waals surface area contributed by atoms with Gasteiger partial charge >= 0.3 is 0 Å². The first-order valence-electron chi connectivity index (χ1n) is 25.0. The van der Waals surface area contributed by atoms with Crippen LogP contribution in [0.5, 0.6) is 0 Å². The number of benzene rings is 7. The fourth-order valence-electron chi connectivity index (χ4n) is 18.0. The van der Waals surface area contributed by atoms with Crippen LogP contribution in [0.2, 0.25) is 0 Å². The Morgan fingerprint density at radius 1 is 0.344 bits per heavy atom. The van der Waals surface area contributed by atoms with Crippen LogP contribution in [0.3, 0.4) is 0 Å². The van der Waals surface area contributed by atoms with Crippen molar-refractivity contribution < 1.29 is 0 Å². The van der Waals surface area contributed by atoms with Crippen molar-refractivity contribution in [3.8, 4) is 27.9 Å². The van der Waals surface area contributed by atoms with Crippen LogP contribution in [0.15, 0.2) is 158 Å². The van der Waals surface area contributed by atoms with E-state index in [0.717, 1.165) is 47.3 Å². The van der Waals surface area contributed by atoms with Crippen molar-refractivity contribution in [2.45, 2.75) is 75.0 Å². The van der Waals surface area contributed by atoms with E-state index < -0.39 is 0 Å². The number of aromatic nitrogens is 1. The molecule has 0 N–H and O–H groups in total. The number of para-hydroxylation sites is 2. The molecule has 8 saturated carbocycles. The zero-order chi connectivity index (χ0) is 41.5. The third-order valence-corrected chi connectivity index (χ3v) is 19.5. The largest absolute Gasteiger partial charge is 0.310 e.